The Hall–Kier alpha value is -1.56. The summed E-state index contributed by atoms with van der Waals surface area (Å²) in [6.07, 6.45) is 1.16. The Labute approximate surface area is 119 Å². The third-order valence-electron chi connectivity index (χ3n) is 2.70. The number of aldehydes is 1. The number of benzene rings is 1. The Morgan fingerprint density at radius 1 is 1.15 bits per heavy atom. The highest BCUT2D eigenvalue weighted by molar-refractivity contribution is 7.91. The lowest BCUT2D eigenvalue weighted by molar-refractivity contribution is 0.112. The topological polar surface area (TPSA) is 69.7 Å². The van der Waals surface area contributed by atoms with Crippen LogP contribution in [-0.2, 0) is 9.84 Å². The van der Waals surface area contributed by atoms with Crippen LogP contribution in [0.15, 0.2) is 18.2 Å². The number of carbonyl (C=O) groups excluding carboxylic acids is 1. The molecule has 112 valence electrons. The van der Waals surface area contributed by atoms with Crippen LogP contribution in [0.1, 0.15) is 30.6 Å². The molecule has 0 fully saturated rings. The number of ether oxygens (including phenoxy) is 2. The van der Waals surface area contributed by atoms with E-state index in [9.17, 15) is 13.2 Å². The van der Waals surface area contributed by atoms with Gasteiger partial charge in [-0.05, 0) is 31.5 Å². The van der Waals surface area contributed by atoms with Crippen molar-refractivity contribution >= 4 is 16.1 Å². The van der Waals surface area contributed by atoms with Gasteiger partial charge in [0.15, 0.2) is 11.5 Å². The first-order valence-corrected chi connectivity index (χ1v) is 8.39. The highest BCUT2D eigenvalue weighted by Crippen LogP contribution is 2.28. The van der Waals surface area contributed by atoms with Crippen molar-refractivity contribution in [3.8, 4) is 11.5 Å². The fraction of sp³-hybridized carbons (Fsp3) is 0.500. The molecule has 0 amide bonds. The minimum atomic E-state index is -2.96. The first-order chi connectivity index (χ1) is 9.52. The first kappa shape index (κ1) is 16.5. The van der Waals surface area contributed by atoms with Crippen molar-refractivity contribution in [2.24, 2.45) is 0 Å². The van der Waals surface area contributed by atoms with Crippen LogP contribution >= 0.6 is 0 Å². The monoisotopic (exact) mass is 300 g/mol. The number of sulfone groups is 1. The summed E-state index contributed by atoms with van der Waals surface area (Å²) < 4.78 is 33.6. The summed E-state index contributed by atoms with van der Waals surface area (Å²) in [5.74, 6) is 1.27. The van der Waals surface area contributed by atoms with Crippen LogP contribution < -0.4 is 9.47 Å². The molecule has 0 aliphatic carbocycles. The summed E-state index contributed by atoms with van der Waals surface area (Å²) in [5, 5.41) is 0. The van der Waals surface area contributed by atoms with E-state index in [1.54, 1.807) is 25.1 Å². The van der Waals surface area contributed by atoms with Gasteiger partial charge in [-0.3, -0.25) is 4.79 Å². The standard InChI is InChI=1S/C14H20O5S/c1-3-18-14-10-12(11-15)6-7-13(14)19-8-5-9-20(16,17)4-2/h6-7,10-11H,3-5,8-9H2,1-2H3. The molecule has 0 bridgehead atoms. The van der Waals surface area contributed by atoms with E-state index >= 15 is 0 Å². The van der Waals surface area contributed by atoms with Crippen molar-refractivity contribution in [2.45, 2.75) is 20.3 Å². The second-order valence-electron chi connectivity index (χ2n) is 4.20. The Kier molecular flexibility index (Phi) is 6.51. The third kappa shape index (κ3) is 5.21. The Morgan fingerprint density at radius 2 is 1.90 bits per heavy atom. The Balaban J connectivity index is 2.61. The van der Waals surface area contributed by atoms with Crippen LogP contribution in [-0.4, -0.2) is 39.4 Å². The highest BCUT2D eigenvalue weighted by Gasteiger charge is 2.09. The van der Waals surface area contributed by atoms with Crippen LogP contribution in [0.3, 0.4) is 0 Å². The molecule has 0 saturated carbocycles. The predicted octanol–water partition coefficient (Wildman–Crippen LogP) is 2.10. The molecule has 1 aromatic rings. The quantitative estimate of drug-likeness (QED) is 0.516. The van der Waals surface area contributed by atoms with Gasteiger partial charge in [-0.15, -0.1) is 0 Å². The largest absolute Gasteiger partial charge is 0.490 e. The average Bonchev–Trinajstić information content (AvgIpc) is 2.45. The maximum Gasteiger partial charge on any atom is 0.161 e. The van der Waals surface area contributed by atoms with Crippen LogP contribution in [0.4, 0.5) is 0 Å². The zero-order valence-corrected chi connectivity index (χ0v) is 12.6. The van der Waals surface area contributed by atoms with Gasteiger partial charge in [-0.1, -0.05) is 6.92 Å². The second kappa shape index (κ2) is 7.89. The van der Waals surface area contributed by atoms with Gasteiger partial charge in [-0.25, -0.2) is 8.42 Å². The molecule has 0 saturated heterocycles. The Morgan fingerprint density at radius 3 is 2.50 bits per heavy atom. The van der Waals surface area contributed by atoms with Crippen LogP contribution in [0, 0.1) is 0 Å². The van der Waals surface area contributed by atoms with E-state index in [1.807, 2.05) is 6.92 Å². The van der Waals surface area contributed by atoms with Crippen molar-refractivity contribution in [1.82, 2.24) is 0 Å². The lowest BCUT2D eigenvalue weighted by Crippen LogP contribution is -2.12. The summed E-state index contributed by atoms with van der Waals surface area (Å²) in [4.78, 5) is 10.7. The predicted molar refractivity (Wildman–Crippen MR) is 77.4 cm³/mol. The summed E-state index contributed by atoms with van der Waals surface area (Å²) in [5.41, 5.74) is 0.509. The third-order valence-corrected chi connectivity index (χ3v) is 4.49. The SMILES string of the molecule is CCOc1cc(C=O)ccc1OCCCS(=O)(=O)CC. The van der Waals surface area contributed by atoms with Crippen molar-refractivity contribution in [2.75, 3.05) is 24.7 Å². The van der Waals surface area contributed by atoms with E-state index < -0.39 is 9.84 Å². The molecule has 0 spiro atoms. The van der Waals surface area contributed by atoms with Crippen molar-refractivity contribution in [1.29, 1.82) is 0 Å². The minimum absolute atomic E-state index is 0.111. The van der Waals surface area contributed by atoms with Gasteiger partial charge in [0, 0.05) is 11.3 Å². The maximum atomic E-state index is 11.3. The van der Waals surface area contributed by atoms with Gasteiger partial charge >= 0.3 is 0 Å². The number of hydrogen-bond donors (Lipinski definition) is 0. The molecule has 1 aromatic carbocycles. The zero-order chi connectivity index (χ0) is 15.0. The Bertz CT molecular complexity index is 536. The first-order valence-electron chi connectivity index (χ1n) is 6.57. The van der Waals surface area contributed by atoms with Crippen LogP contribution in [0.25, 0.3) is 0 Å². The number of hydrogen-bond acceptors (Lipinski definition) is 5. The molecule has 0 heterocycles. The smallest absolute Gasteiger partial charge is 0.161 e. The number of carbonyl (C=O) groups is 1. The lowest BCUT2D eigenvalue weighted by atomic mass is 10.2. The molecule has 0 radical (unpaired) electrons. The van der Waals surface area contributed by atoms with E-state index in [4.69, 9.17) is 9.47 Å². The molecule has 6 heteroatoms. The average molecular weight is 300 g/mol. The van der Waals surface area contributed by atoms with E-state index in [2.05, 4.69) is 0 Å². The fourth-order valence-electron chi connectivity index (χ4n) is 1.59. The van der Waals surface area contributed by atoms with Gasteiger partial charge in [0.25, 0.3) is 0 Å². The van der Waals surface area contributed by atoms with Gasteiger partial charge < -0.3 is 9.47 Å². The molecule has 0 N–H and O–H groups in total. The van der Waals surface area contributed by atoms with Gasteiger partial charge in [0.1, 0.15) is 16.1 Å². The van der Waals surface area contributed by atoms with Crippen LogP contribution in [0.5, 0.6) is 11.5 Å². The number of rotatable bonds is 9. The van der Waals surface area contributed by atoms with Gasteiger partial charge in [0.2, 0.25) is 0 Å². The van der Waals surface area contributed by atoms with E-state index in [0.29, 0.717) is 36.7 Å². The summed E-state index contributed by atoms with van der Waals surface area (Å²) in [6.45, 7) is 4.22. The van der Waals surface area contributed by atoms with E-state index in [1.165, 1.54) is 0 Å². The summed E-state index contributed by atoms with van der Waals surface area (Å²) >= 11 is 0. The second-order valence-corrected chi connectivity index (χ2v) is 6.67. The summed E-state index contributed by atoms with van der Waals surface area (Å²) in [7, 11) is -2.96. The molecular weight excluding hydrogens is 280 g/mol. The molecular formula is C14H20O5S. The van der Waals surface area contributed by atoms with Crippen molar-refractivity contribution in [3.05, 3.63) is 23.8 Å². The molecule has 1 rings (SSSR count). The lowest BCUT2D eigenvalue weighted by Gasteiger charge is -2.12. The normalized spacial score (nSPS) is 11.1. The summed E-state index contributed by atoms with van der Waals surface area (Å²) in [6, 6.07) is 4.89. The van der Waals surface area contributed by atoms with Crippen molar-refractivity contribution in [3.63, 3.8) is 0 Å². The van der Waals surface area contributed by atoms with E-state index in [-0.39, 0.29) is 11.5 Å². The molecule has 0 aliphatic heterocycles. The zero-order valence-electron chi connectivity index (χ0n) is 11.8. The van der Waals surface area contributed by atoms with Crippen LogP contribution in [0.2, 0.25) is 0 Å². The molecule has 0 atom stereocenters. The molecule has 0 aromatic heterocycles. The highest BCUT2D eigenvalue weighted by atomic mass is 32.2. The fourth-order valence-corrected chi connectivity index (χ4v) is 2.44. The molecule has 0 unspecified atom stereocenters. The van der Waals surface area contributed by atoms with E-state index in [0.717, 1.165) is 6.29 Å². The molecule has 0 aliphatic rings. The molecule has 5 nitrogen and oxygen atoms in total. The minimum Gasteiger partial charge on any atom is -0.490 e. The maximum absolute atomic E-state index is 11.3. The molecule has 20 heavy (non-hydrogen) atoms. The van der Waals surface area contributed by atoms with Crippen molar-refractivity contribution < 1.29 is 22.7 Å². The van der Waals surface area contributed by atoms with Gasteiger partial charge in [-0.2, -0.15) is 0 Å². The van der Waals surface area contributed by atoms with Gasteiger partial charge in [0.05, 0.1) is 19.0 Å².